The topological polar surface area (TPSA) is 41.8 Å². The molecule has 2 rings (SSSR count). The molecule has 0 radical (unpaired) electrons. The summed E-state index contributed by atoms with van der Waals surface area (Å²) in [4.78, 5) is 0. The lowest BCUT2D eigenvalue weighted by Gasteiger charge is -2.16. The number of hydrogen-bond donors (Lipinski definition) is 1. The van der Waals surface area contributed by atoms with E-state index in [0.29, 0.717) is 12.5 Å². The Labute approximate surface area is 110 Å². The van der Waals surface area contributed by atoms with Crippen LogP contribution in [0.15, 0.2) is 27.8 Å². The van der Waals surface area contributed by atoms with Gasteiger partial charge in [0.1, 0.15) is 5.75 Å². The van der Waals surface area contributed by atoms with Gasteiger partial charge in [-0.3, -0.25) is 0 Å². The van der Waals surface area contributed by atoms with Crippen molar-refractivity contribution in [3.05, 3.63) is 28.2 Å². The highest BCUT2D eigenvalue weighted by Gasteiger charge is 2.17. The Bertz CT molecular complexity index is 400. The summed E-state index contributed by atoms with van der Waals surface area (Å²) in [6.45, 7) is 0. The first-order valence-electron chi connectivity index (χ1n) is 5.90. The van der Waals surface area contributed by atoms with Crippen LogP contribution < -0.4 is 4.74 Å². The van der Waals surface area contributed by atoms with Gasteiger partial charge in [-0.05, 0) is 43.9 Å². The lowest BCUT2D eigenvalue weighted by Crippen LogP contribution is -2.12. The molecule has 0 saturated heterocycles. The third-order valence-corrected chi connectivity index (χ3v) is 3.50. The minimum atomic E-state index is 0.348. The molecule has 1 aliphatic rings. The van der Waals surface area contributed by atoms with Crippen LogP contribution in [0.2, 0.25) is 0 Å². The van der Waals surface area contributed by atoms with E-state index in [4.69, 9.17) is 9.94 Å². The fraction of sp³-hybridized carbons (Fsp3) is 0.462. The number of nitrogens with zero attached hydrogens (tertiary/aromatic N) is 1. The van der Waals surface area contributed by atoms with Gasteiger partial charge in [-0.2, -0.15) is 0 Å². The lowest BCUT2D eigenvalue weighted by molar-refractivity contribution is 0.208. The second kappa shape index (κ2) is 6.05. The maximum Gasteiger partial charge on any atom is 0.123 e. The average Bonchev–Trinajstić information content (AvgIpc) is 2.82. The van der Waals surface area contributed by atoms with Gasteiger partial charge in [0.2, 0.25) is 0 Å². The second-order valence-electron chi connectivity index (χ2n) is 4.28. The summed E-state index contributed by atoms with van der Waals surface area (Å²) in [5.74, 6) is 0.903. The second-order valence-corrected chi connectivity index (χ2v) is 5.19. The summed E-state index contributed by atoms with van der Waals surface area (Å²) in [5.41, 5.74) is 1.05. The van der Waals surface area contributed by atoms with Gasteiger partial charge < -0.3 is 9.94 Å². The fourth-order valence-electron chi connectivity index (χ4n) is 2.15. The van der Waals surface area contributed by atoms with Crippen molar-refractivity contribution >= 4 is 22.1 Å². The van der Waals surface area contributed by atoms with Crippen LogP contribution >= 0.6 is 15.9 Å². The van der Waals surface area contributed by atoms with Gasteiger partial charge in [0.15, 0.2) is 0 Å². The van der Waals surface area contributed by atoms with Crippen LogP contribution in [0.1, 0.15) is 31.2 Å². The molecule has 1 N–H and O–H groups in total. The predicted molar refractivity (Wildman–Crippen MR) is 71.0 cm³/mol. The van der Waals surface area contributed by atoms with E-state index in [9.17, 15) is 0 Å². The van der Waals surface area contributed by atoms with E-state index >= 15 is 0 Å². The smallest absolute Gasteiger partial charge is 0.123 e. The monoisotopic (exact) mass is 297 g/mol. The highest BCUT2D eigenvalue weighted by atomic mass is 79.9. The van der Waals surface area contributed by atoms with Crippen molar-refractivity contribution < 1.29 is 9.94 Å². The van der Waals surface area contributed by atoms with E-state index in [0.717, 1.165) is 28.6 Å². The molecule has 1 fully saturated rings. The van der Waals surface area contributed by atoms with Gasteiger partial charge in [0.05, 0.1) is 6.10 Å². The number of oxime groups is 1. The van der Waals surface area contributed by atoms with E-state index in [1.54, 1.807) is 0 Å². The van der Waals surface area contributed by atoms with Crippen molar-refractivity contribution in [3.63, 3.8) is 0 Å². The molecule has 0 unspecified atom stereocenters. The van der Waals surface area contributed by atoms with Crippen molar-refractivity contribution in [2.45, 2.75) is 38.2 Å². The Morgan fingerprint density at radius 3 is 2.88 bits per heavy atom. The average molecular weight is 298 g/mol. The van der Waals surface area contributed by atoms with Crippen LogP contribution in [0.5, 0.6) is 5.75 Å². The van der Waals surface area contributed by atoms with Crippen LogP contribution in [0.3, 0.4) is 0 Å². The van der Waals surface area contributed by atoms with Crippen molar-refractivity contribution in [3.8, 4) is 5.75 Å². The molecule has 0 aliphatic heterocycles. The largest absolute Gasteiger partial charge is 0.490 e. The zero-order valence-corrected chi connectivity index (χ0v) is 11.2. The normalized spacial score (nSPS) is 16.8. The molecule has 0 aromatic heterocycles. The van der Waals surface area contributed by atoms with Crippen LogP contribution in [0, 0.1) is 0 Å². The summed E-state index contributed by atoms with van der Waals surface area (Å²) in [6, 6.07) is 5.96. The van der Waals surface area contributed by atoms with E-state index in [1.807, 2.05) is 18.2 Å². The SMILES string of the molecule is ON=CCc1cc(Br)ccc1OC1CCCC1. The highest BCUT2D eigenvalue weighted by molar-refractivity contribution is 9.10. The van der Waals surface area contributed by atoms with Gasteiger partial charge in [0, 0.05) is 22.7 Å². The predicted octanol–water partition coefficient (Wildman–Crippen LogP) is 3.77. The van der Waals surface area contributed by atoms with Gasteiger partial charge in [-0.25, -0.2) is 0 Å². The number of hydrogen-bond acceptors (Lipinski definition) is 3. The molecule has 0 spiro atoms. The van der Waals surface area contributed by atoms with Crippen LogP contribution in [-0.2, 0) is 6.42 Å². The molecule has 92 valence electrons. The molecular weight excluding hydrogens is 282 g/mol. The summed E-state index contributed by atoms with van der Waals surface area (Å²) < 4.78 is 7.01. The van der Waals surface area contributed by atoms with Crippen molar-refractivity contribution in [1.29, 1.82) is 0 Å². The summed E-state index contributed by atoms with van der Waals surface area (Å²) in [5, 5.41) is 11.5. The Morgan fingerprint density at radius 2 is 2.18 bits per heavy atom. The molecule has 1 aromatic carbocycles. The molecule has 17 heavy (non-hydrogen) atoms. The Balaban J connectivity index is 2.12. The number of halogens is 1. The van der Waals surface area contributed by atoms with Crippen LogP contribution in [-0.4, -0.2) is 17.5 Å². The molecule has 0 amide bonds. The maximum absolute atomic E-state index is 8.49. The molecule has 4 heteroatoms. The molecule has 3 nitrogen and oxygen atoms in total. The minimum absolute atomic E-state index is 0.348. The Morgan fingerprint density at radius 1 is 1.41 bits per heavy atom. The molecular formula is C13H16BrNO2. The van der Waals surface area contributed by atoms with E-state index in [-0.39, 0.29) is 0 Å². The van der Waals surface area contributed by atoms with Crippen molar-refractivity contribution in [2.24, 2.45) is 5.16 Å². The minimum Gasteiger partial charge on any atom is -0.490 e. The first-order chi connectivity index (χ1) is 8.29. The zero-order chi connectivity index (χ0) is 12.1. The first-order valence-corrected chi connectivity index (χ1v) is 6.70. The highest BCUT2D eigenvalue weighted by Crippen LogP contribution is 2.28. The molecule has 0 heterocycles. The van der Waals surface area contributed by atoms with Crippen molar-refractivity contribution in [1.82, 2.24) is 0 Å². The fourth-order valence-corrected chi connectivity index (χ4v) is 2.56. The van der Waals surface area contributed by atoms with E-state index in [1.165, 1.54) is 19.1 Å². The number of ether oxygens (including phenoxy) is 1. The van der Waals surface area contributed by atoms with E-state index < -0.39 is 0 Å². The van der Waals surface area contributed by atoms with Crippen LogP contribution in [0.25, 0.3) is 0 Å². The Kier molecular flexibility index (Phi) is 4.42. The maximum atomic E-state index is 8.49. The van der Waals surface area contributed by atoms with Gasteiger partial charge in [-0.15, -0.1) is 5.16 Å². The van der Waals surface area contributed by atoms with Gasteiger partial charge in [-0.1, -0.05) is 15.9 Å². The first kappa shape index (κ1) is 12.4. The van der Waals surface area contributed by atoms with Crippen molar-refractivity contribution in [2.75, 3.05) is 0 Å². The molecule has 0 bridgehead atoms. The molecule has 1 aromatic rings. The number of rotatable bonds is 4. The van der Waals surface area contributed by atoms with E-state index in [2.05, 4.69) is 21.1 Å². The summed E-state index contributed by atoms with van der Waals surface area (Å²) in [6.07, 6.45) is 7.21. The Hall–Kier alpha value is -1.03. The number of benzene rings is 1. The third-order valence-electron chi connectivity index (χ3n) is 3.01. The van der Waals surface area contributed by atoms with Gasteiger partial charge in [0.25, 0.3) is 0 Å². The third kappa shape index (κ3) is 3.46. The summed E-state index contributed by atoms with van der Waals surface area (Å²) >= 11 is 3.44. The van der Waals surface area contributed by atoms with Gasteiger partial charge >= 0.3 is 0 Å². The lowest BCUT2D eigenvalue weighted by atomic mass is 10.1. The molecule has 1 saturated carbocycles. The van der Waals surface area contributed by atoms with Crippen LogP contribution in [0.4, 0.5) is 0 Å². The summed E-state index contributed by atoms with van der Waals surface area (Å²) in [7, 11) is 0. The standard InChI is InChI=1S/C13H16BrNO2/c14-11-5-6-13(10(9-11)7-8-15-16)17-12-3-1-2-4-12/h5-6,8-9,12,16H,1-4,7H2. The molecule has 0 atom stereocenters. The molecule has 1 aliphatic carbocycles. The zero-order valence-electron chi connectivity index (χ0n) is 9.60. The quantitative estimate of drug-likeness (QED) is 0.522.